The number of amides is 1. The van der Waals surface area contributed by atoms with E-state index in [2.05, 4.69) is 10.4 Å². The number of hydrogen-bond acceptors (Lipinski definition) is 4. The Balaban J connectivity index is 1.57. The molecule has 6 nitrogen and oxygen atoms in total. The normalized spacial score (nSPS) is 21.1. The standard InChI is InChI=1S/C21H20N4O2/c26-19(24-12-15-10-16(24)11-22-15)13-25-21(27)18-9-5-4-8-17(18)20(23-25)14-6-2-1-3-7-14/h1-9,15-16,22H,10-13H2. The molecule has 1 amide bonds. The number of likely N-dealkylation sites (tertiary alicyclic amines) is 1. The van der Waals surface area contributed by atoms with E-state index in [4.69, 9.17) is 0 Å². The molecule has 2 saturated heterocycles. The Morgan fingerprint density at radius 2 is 1.81 bits per heavy atom. The van der Waals surface area contributed by atoms with Gasteiger partial charge in [0.25, 0.3) is 5.56 Å². The summed E-state index contributed by atoms with van der Waals surface area (Å²) < 4.78 is 1.33. The average molecular weight is 360 g/mol. The molecule has 0 saturated carbocycles. The summed E-state index contributed by atoms with van der Waals surface area (Å²) in [7, 11) is 0. The number of carbonyl (C=O) groups excluding carboxylic acids is 1. The van der Waals surface area contributed by atoms with Gasteiger partial charge in [0.1, 0.15) is 6.54 Å². The third-order valence-corrected chi connectivity index (χ3v) is 5.58. The van der Waals surface area contributed by atoms with Gasteiger partial charge in [-0.15, -0.1) is 0 Å². The lowest BCUT2D eigenvalue weighted by molar-refractivity contribution is -0.133. The number of piperazine rings is 1. The molecule has 0 spiro atoms. The highest BCUT2D eigenvalue weighted by Crippen LogP contribution is 2.25. The first-order valence-corrected chi connectivity index (χ1v) is 9.29. The highest BCUT2D eigenvalue weighted by molar-refractivity contribution is 5.93. The van der Waals surface area contributed by atoms with Gasteiger partial charge in [-0.2, -0.15) is 5.10 Å². The summed E-state index contributed by atoms with van der Waals surface area (Å²) in [5.74, 6) is -0.0344. The van der Waals surface area contributed by atoms with Crippen molar-refractivity contribution in [2.24, 2.45) is 0 Å². The van der Waals surface area contributed by atoms with Crippen LogP contribution >= 0.6 is 0 Å². The van der Waals surface area contributed by atoms with E-state index in [9.17, 15) is 9.59 Å². The van der Waals surface area contributed by atoms with Gasteiger partial charge in [0.2, 0.25) is 5.91 Å². The third-order valence-electron chi connectivity index (χ3n) is 5.58. The first-order valence-electron chi connectivity index (χ1n) is 9.29. The van der Waals surface area contributed by atoms with Crippen molar-refractivity contribution in [1.29, 1.82) is 0 Å². The minimum Gasteiger partial charge on any atom is -0.335 e. The molecule has 2 unspecified atom stereocenters. The maximum Gasteiger partial charge on any atom is 0.275 e. The predicted molar refractivity (Wildman–Crippen MR) is 103 cm³/mol. The Morgan fingerprint density at radius 3 is 2.52 bits per heavy atom. The fourth-order valence-corrected chi connectivity index (χ4v) is 4.24. The average Bonchev–Trinajstić information content (AvgIpc) is 3.34. The van der Waals surface area contributed by atoms with Crippen LogP contribution in [0.2, 0.25) is 0 Å². The Bertz CT molecular complexity index is 1080. The number of hydrogen-bond donors (Lipinski definition) is 1. The summed E-state index contributed by atoms with van der Waals surface area (Å²) in [5, 5.41) is 9.37. The highest BCUT2D eigenvalue weighted by atomic mass is 16.2. The van der Waals surface area contributed by atoms with Gasteiger partial charge in [0, 0.05) is 36.1 Å². The first kappa shape index (κ1) is 16.2. The maximum atomic E-state index is 12.9. The summed E-state index contributed by atoms with van der Waals surface area (Å²) in [4.78, 5) is 27.7. The highest BCUT2D eigenvalue weighted by Gasteiger charge is 2.40. The second-order valence-corrected chi connectivity index (χ2v) is 7.26. The lowest BCUT2D eigenvalue weighted by Crippen LogP contribution is -2.48. The van der Waals surface area contributed by atoms with Crippen LogP contribution < -0.4 is 10.9 Å². The molecule has 1 aromatic heterocycles. The van der Waals surface area contributed by atoms with Crippen molar-refractivity contribution in [2.45, 2.75) is 25.0 Å². The van der Waals surface area contributed by atoms with Gasteiger partial charge in [0.15, 0.2) is 0 Å². The molecule has 2 bridgehead atoms. The van der Waals surface area contributed by atoms with Crippen molar-refractivity contribution in [1.82, 2.24) is 20.0 Å². The molecule has 2 aliphatic heterocycles. The molecule has 2 atom stereocenters. The third kappa shape index (κ3) is 2.73. The van der Waals surface area contributed by atoms with Gasteiger partial charge in [-0.25, -0.2) is 4.68 Å². The number of fused-ring (bicyclic) bond motifs is 3. The fourth-order valence-electron chi connectivity index (χ4n) is 4.24. The van der Waals surface area contributed by atoms with Crippen LogP contribution in [0.1, 0.15) is 6.42 Å². The monoisotopic (exact) mass is 360 g/mol. The number of nitrogens with zero attached hydrogens (tertiary/aromatic N) is 3. The largest absolute Gasteiger partial charge is 0.335 e. The Hall–Kier alpha value is -2.99. The van der Waals surface area contributed by atoms with Crippen molar-refractivity contribution in [3.05, 3.63) is 65.0 Å². The van der Waals surface area contributed by atoms with Crippen molar-refractivity contribution in [2.75, 3.05) is 13.1 Å². The number of rotatable bonds is 3. The van der Waals surface area contributed by atoms with Crippen LogP contribution in [-0.2, 0) is 11.3 Å². The molecule has 27 heavy (non-hydrogen) atoms. The Labute approximate surface area is 156 Å². The molecular formula is C21H20N4O2. The maximum absolute atomic E-state index is 12.9. The predicted octanol–water partition coefficient (Wildman–Crippen LogP) is 1.64. The molecule has 2 aromatic carbocycles. The topological polar surface area (TPSA) is 67.2 Å². The Morgan fingerprint density at radius 1 is 1.07 bits per heavy atom. The molecule has 136 valence electrons. The summed E-state index contributed by atoms with van der Waals surface area (Å²) in [6.07, 6.45) is 1.00. The summed E-state index contributed by atoms with van der Waals surface area (Å²) in [5.41, 5.74) is 1.43. The van der Waals surface area contributed by atoms with E-state index in [1.165, 1.54) is 4.68 Å². The summed E-state index contributed by atoms with van der Waals surface area (Å²) in [6.45, 7) is 1.54. The van der Waals surface area contributed by atoms with Crippen molar-refractivity contribution in [3.8, 4) is 11.3 Å². The molecule has 6 heteroatoms. The minimum atomic E-state index is -0.221. The van der Waals surface area contributed by atoms with E-state index in [1.807, 2.05) is 53.4 Å². The van der Waals surface area contributed by atoms with Gasteiger partial charge in [0.05, 0.1) is 11.1 Å². The quantitative estimate of drug-likeness (QED) is 0.771. The second-order valence-electron chi connectivity index (χ2n) is 7.26. The van der Waals surface area contributed by atoms with Gasteiger partial charge >= 0.3 is 0 Å². The minimum absolute atomic E-state index is 0.0211. The Kier molecular flexibility index (Phi) is 3.79. The summed E-state index contributed by atoms with van der Waals surface area (Å²) >= 11 is 0. The first-order chi connectivity index (χ1) is 13.2. The van der Waals surface area contributed by atoms with Crippen LogP contribution in [0.5, 0.6) is 0 Å². The van der Waals surface area contributed by atoms with Crippen molar-refractivity contribution in [3.63, 3.8) is 0 Å². The van der Waals surface area contributed by atoms with E-state index in [0.717, 1.165) is 36.2 Å². The lowest BCUT2D eigenvalue weighted by Gasteiger charge is -2.27. The van der Waals surface area contributed by atoms with Crippen molar-refractivity contribution < 1.29 is 4.79 Å². The summed E-state index contributed by atoms with van der Waals surface area (Å²) in [6, 6.07) is 17.9. The van der Waals surface area contributed by atoms with Crippen LogP contribution in [-0.4, -0.2) is 45.8 Å². The van der Waals surface area contributed by atoms with Crippen LogP contribution in [0, 0.1) is 0 Å². The van der Waals surface area contributed by atoms with Crippen LogP contribution in [0.25, 0.3) is 22.0 Å². The molecule has 0 aliphatic carbocycles. The van der Waals surface area contributed by atoms with E-state index in [1.54, 1.807) is 6.07 Å². The lowest BCUT2D eigenvalue weighted by atomic mass is 10.1. The van der Waals surface area contributed by atoms with Crippen LogP contribution in [0.15, 0.2) is 59.4 Å². The number of benzene rings is 2. The number of aromatic nitrogens is 2. The molecule has 1 N–H and O–H groups in total. The molecular weight excluding hydrogens is 340 g/mol. The van der Waals surface area contributed by atoms with Crippen molar-refractivity contribution >= 4 is 16.7 Å². The zero-order chi connectivity index (χ0) is 18.4. The molecule has 5 rings (SSSR count). The van der Waals surface area contributed by atoms with E-state index < -0.39 is 0 Å². The van der Waals surface area contributed by atoms with Gasteiger partial charge in [-0.05, 0) is 12.5 Å². The van der Waals surface area contributed by atoms with Crippen LogP contribution in [0.4, 0.5) is 0 Å². The zero-order valence-corrected chi connectivity index (χ0v) is 14.8. The molecule has 3 aromatic rings. The zero-order valence-electron chi connectivity index (χ0n) is 14.8. The van der Waals surface area contributed by atoms with Gasteiger partial charge in [-0.1, -0.05) is 48.5 Å². The molecule has 0 radical (unpaired) electrons. The molecule has 2 fully saturated rings. The van der Waals surface area contributed by atoms with Crippen LogP contribution in [0.3, 0.4) is 0 Å². The second kappa shape index (κ2) is 6.32. The van der Waals surface area contributed by atoms with Gasteiger partial charge < -0.3 is 10.2 Å². The van der Waals surface area contributed by atoms with Gasteiger partial charge in [-0.3, -0.25) is 9.59 Å². The molecule has 3 heterocycles. The molecule has 2 aliphatic rings. The SMILES string of the molecule is O=C(Cn1nc(-c2ccccc2)c2ccccc2c1=O)N1CC2CC1CN2. The number of nitrogens with one attached hydrogen (secondary N) is 1. The fraction of sp³-hybridized carbons (Fsp3) is 0.286. The smallest absolute Gasteiger partial charge is 0.275 e. The van der Waals surface area contributed by atoms with E-state index in [-0.39, 0.29) is 24.1 Å². The van der Waals surface area contributed by atoms with E-state index >= 15 is 0 Å². The number of carbonyl (C=O) groups is 1. The van der Waals surface area contributed by atoms with E-state index in [0.29, 0.717) is 11.4 Å².